The van der Waals surface area contributed by atoms with Gasteiger partial charge >= 0.3 is 0 Å². The fourth-order valence-electron chi connectivity index (χ4n) is 3.55. The van der Waals surface area contributed by atoms with E-state index in [1.54, 1.807) is 6.20 Å². The second-order valence-corrected chi connectivity index (χ2v) is 6.29. The molecule has 4 rings (SSSR count). The Bertz CT molecular complexity index is 901. The quantitative estimate of drug-likeness (QED) is 0.725. The van der Waals surface area contributed by atoms with E-state index in [1.807, 2.05) is 42.5 Å². The summed E-state index contributed by atoms with van der Waals surface area (Å²) in [5, 5.41) is 0.989. The minimum absolute atomic E-state index is 0.0274. The van der Waals surface area contributed by atoms with Crippen LogP contribution in [0.15, 0.2) is 60.8 Å². The van der Waals surface area contributed by atoms with Gasteiger partial charge in [-0.2, -0.15) is 0 Å². The number of hydrazine groups is 1. The van der Waals surface area contributed by atoms with Crippen molar-refractivity contribution in [3.05, 3.63) is 71.9 Å². The molecule has 1 aliphatic carbocycles. The van der Waals surface area contributed by atoms with Gasteiger partial charge in [-0.1, -0.05) is 37.3 Å². The first-order chi connectivity index (χ1) is 11.7. The third-order valence-electron chi connectivity index (χ3n) is 4.89. The summed E-state index contributed by atoms with van der Waals surface area (Å²) in [5.41, 5.74) is 10.3. The van der Waals surface area contributed by atoms with Crippen LogP contribution in [0.2, 0.25) is 0 Å². The predicted octanol–water partition coefficient (Wildman–Crippen LogP) is 3.65. The zero-order valence-corrected chi connectivity index (χ0v) is 13.5. The van der Waals surface area contributed by atoms with E-state index in [0.29, 0.717) is 0 Å². The van der Waals surface area contributed by atoms with Gasteiger partial charge in [0.15, 0.2) is 0 Å². The van der Waals surface area contributed by atoms with Crippen LogP contribution in [-0.2, 0) is 11.2 Å². The molecule has 1 aromatic heterocycles. The van der Waals surface area contributed by atoms with Crippen molar-refractivity contribution in [3.8, 4) is 0 Å². The maximum atomic E-state index is 12.6. The van der Waals surface area contributed by atoms with Gasteiger partial charge in [-0.15, -0.1) is 0 Å². The van der Waals surface area contributed by atoms with E-state index < -0.39 is 0 Å². The maximum Gasteiger partial charge on any atom is 0.242 e. The Kier molecular flexibility index (Phi) is 3.65. The van der Waals surface area contributed by atoms with E-state index in [0.717, 1.165) is 23.0 Å². The van der Waals surface area contributed by atoms with Gasteiger partial charge in [0, 0.05) is 11.6 Å². The first kappa shape index (κ1) is 14.7. The largest absolute Gasteiger partial charge is 0.298 e. The molecule has 0 spiro atoms. The Labute approximate surface area is 140 Å². The van der Waals surface area contributed by atoms with Gasteiger partial charge in [-0.25, -0.2) is 0 Å². The minimum atomic E-state index is -0.0389. The van der Waals surface area contributed by atoms with Crippen molar-refractivity contribution < 1.29 is 4.79 Å². The molecular weight excluding hydrogens is 298 g/mol. The summed E-state index contributed by atoms with van der Waals surface area (Å²) < 4.78 is 0. The van der Waals surface area contributed by atoms with Crippen LogP contribution in [0.4, 0.5) is 5.69 Å². The normalized spacial score (nSPS) is 19.0. The highest BCUT2D eigenvalue weighted by molar-refractivity contribution is 5.92. The summed E-state index contributed by atoms with van der Waals surface area (Å²) >= 11 is 0. The van der Waals surface area contributed by atoms with Crippen LogP contribution in [0.25, 0.3) is 10.9 Å². The molecule has 2 atom stereocenters. The number of pyridine rings is 1. The molecule has 0 fully saturated rings. The predicted molar refractivity (Wildman–Crippen MR) is 95.6 cm³/mol. The summed E-state index contributed by atoms with van der Waals surface area (Å²) in [6, 6.07) is 18.0. The summed E-state index contributed by atoms with van der Waals surface area (Å²) in [5.74, 6) is 0.222. The number of fused-ring (bicyclic) bond motifs is 2. The van der Waals surface area contributed by atoms with Gasteiger partial charge in [-0.3, -0.25) is 20.6 Å². The second-order valence-electron chi connectivity index (χ2n) is 6.29. The molecule has 120 valence electrons. The molecule has 1 heterocycles. The fourth-order valence-corrected chi connectivity index (χ4v) is 3.55. The maximum absolute atomic E-state index is 12.6. The Morgan fingerprint density at radius 1 is 1.08 bits per heavy atom. The molecule has 0 saturated heterocycles. The van der Waals surface area contributed by atoms with Crippen LogP contribution in [0.5, 0.6) is 0 Å². The summed E-state index contributed by atoms with van der Waals surface area (Å²) in [6.45, 7) is 2.12. The van der Waals surface area contributed by atoms with Crippen LogP contribution in [0.1, 0.15) is 24.0 Å². The molecular formula is C20H19N3O. The van der Waals surface area contributed by atoms with Gasteiger partial charge in [0.2, 0.25) is 5.91 Å². The fraction of sp³-hybridized carbons (Fsp3) is 0.200. The van der Waals surface area contributed by atoms with Gasteiger partial charge in [0.1, 0.15) is 0 Å². The van der Waals surface area contributed by atoms with Crippen molar-refractivity contribution in [3.63, 3.8) is 0 Å². The van der Waals surface area contributed by atoms with Gasteiger partial charge in [0.25, 0.3) is 0 Å². The number of amides is 1. The summed E-state index contributed by atoms with van der Waals surface area (Å²) in [4.78, 5) is 17.0. The molecule has 4 heteroatoms. The average Bonchev–Trinajstić information content (AvgIpc) is 2.97. The van der Waals surface area contributed by atoms with Crippen molar-refractivity contribution >= 4 is 22.5 Å². The molecule has 0 aliphatic heterocycles. The first-order valence-corrected chi connectivity index (χ1v) is 8.21. The van der Waals surface area contributed by atoms with Crippen molar-refractivity contribution in [2.75, 3.05) is 5.43 Å². The molecule has 2 N–H and O–H groups in total. The monoisotopic (exact) mass is 317 g/mol. The minimum Gasteiger partial charge on any atom is -0.298 e. The third-order valence-corrected chi connectivity index (χ3v) is 4.89. The standard InChI is InChI=1S/C20H19N3O/c1-13-15-7-3-2-6-14(15)12-17(13)20(24)23-22-19-10-4-9-18-16(19)8-5-11-21-18/h2-11,13,17,22H,12H2,1H3,(H,23,24). The number of hydrogen-bond donors (Lipinski definition) is 2. The second kappa shape index (κ2) is 5.96. The zero-order chi connectivity index (χ0) is 16.5. The number of nitrogens with zero attached hydrogens (tertiary/aromatic N) is 1. The van der Waals surface area contributed by atoms with Crippen LogP contribution in [-0.4, -0.2) is 10.9 Å². The molecule has 4 nitrogen and oxygen atoms in total. The molecule has 1 aliphatic rings. The van der Waals surface area contributed by atoms with Crippen molar-refractivity contribution in [1.29, 1.82) is 0 Å². The van der Waals surface area contributed by atoms with Crippen molar-refractivity contribution in [2.45, 2.75) is 19.3 Å². The summed E-state index contributed by atoms with van der Waals surface area (Å²) in [7, 11) is 0. The third kappa shape index (κ3) is 2.50. The Balaban J connectivity index is 1.49. The Morgan fingerprint density at radius 2 is 1.96 bits per heavy atom. The smallest absolute Gasteiger partial charge is 0.242 e. The summed E-state index contributed by atoms with van der Waals surface area (Å²) in [6.07, 6.45) is 2.56. The zero-order valence-electron chi connectivity index (χ0n) is 13.5. The van der Waals surface area contributed by atoms with Crippen LogP contribution in [0.3, 0.4) is 0 Å². The van der Waals surface area contributed by atoms with E-state index in [4.69, 9.17) is 0 Å². The lowest BCUT2D eigenvalue weighted by Crippen LogP contribution is -2.36. The number of carbonyl (C=O) groups is 1. The molecule has 2 aromatic carbocycles. The van der Waals surface area contributed by atoms with Crippen molar-refractivity contribution in [2.24, 2.45) is 5.92 Å². The average molecular weight is 317 g/mol. The first-order valence-electron chi connectivity index (χ1n) is 8.21. The molecule has 0 bridgehead atoms. The molecule has 2 unspecified atom stereocenters. The number of rotatable bonds is 3. The molecule has 1 amide bonds. The number of hydrogen-bond acceptors (Lipinski definition) is 3. The Hall–Kier alpha value is -2.88. The molecule has 3 aromatic rings. The van der Waals surface area contributed by atoms with Gasteiger partial charge < -0.3 is 0 Å². The van der Waals surface area contributed by atoms with E-state index in [-0.39, 0.29) is 17.7 Å². The lowest BCUT2D eigenvalue weighted by atomic mass is 9.94. The number of nitrogens with one attached hydrogen (secondary N) is 2. The van der Waals surface area contributed by atoms with Crippen LogP contribution >= 0.6 is 0 Å². The molecule has 24 heavy (non-hydrogen) atoms. The van der Waals surface area contributed by atoms with E-state index in [9.17, 15) is 4.79 Å². The van der Waals surface area contributed by atoms with E-state index >= 15 is 0 Å². The highest BCUT2D eigenvalue weighted by Crippen LogP contribution is 2.37. The SMILES string of the molecule is CC1c2ccccc2CC1C(=O)NNc1cccc2ncccc12. The van der Waals surface area contributed by atoms with Crippen LogP contribution < -0.4 is 10.9 Å². The van der Waals surface area contributed by atoms with E-state index in [1.165, 1.54) is 11.1 Å². The highest BCUT2D eigenvalue weighted by atomic mass is 16.2. The van der Waals surface area contributed by atoms with Crippen molar-refractivity contribution in [1.82, 2.24) is 10.4 Å². The molecule has 0 radical (unpaired) electrons. The number of benzene rings is 2. The highest BCUT2D eigenvalue weighted by Gasteiger charge is 2.33. The lowest BCUT2D eigenvalue weighted by molar-refractivity contribution is -0.124. The topological polar surface area (TPSA) is 54.0 Å². The van der Waals surface area contributed by atoms with E-state index in [2.05, 4.69) is 34.9 Å². The van der Waals surface area contributed by atoms with Gasteiger partial charge in [-0.05, 0) is 47.7 Å². The van der Waals surface area contributed by atoms with Gasteiger partial charge in [0.05, 0.1) is 17.1 Å². The van der Waals surface area contributed by atoms with Crippen LogP contribution in [0, 0.1) is 5.92 Å². The number of aromatic nitrogens is 1. The molecule has 0 saturated carbocycles. The lowest BCUT2D eigenvalue weighted by Gasteiger charge is -2.17. The number of carbonyl (C=O) groups excluding carboxylic acids is 1. The number of anilines is 1. The Morgan fingerprint density at radius 3 is 2.83 bits per heavy atom.